The number of nitrogens with zero attached hydrogens (tertiary/aromatic N) is 1. The first-order chi connectivity index (χ1) is 13.6. The summed E-state index contributed by atoms with van der Waals surface area (Å²) in [4.78, 5) is 17.0. The highest BCUT2D eigenvalue weighted by Gasteiger charge is 2.28. The summed E-state index contributed by atoms with van der Waals surface area (Å²) in [6, 6.07) is 6.46. The maximum Gasteiger partial charge on any atom is 0.253 e. The predicted molar refractivity (Wildman–Crippen MR) is 115 cm³/mol. The number of hydrogen-bond donors (Lipinski definition) is 2. The number of anilines is 2. The summed E-state index contributed by atoms with van der Waals surface area (Å²) < 4.78 is 37.2. The molecule has 1 amide bonds. The SMILES string of the molecule is CC(C)c1cc(Nc2ccc(Br)c(F)c2)ncc1C(=O)NCC1CCS(=O)(=O)C1. The Labute approximate surface area is 178 Å². The molecule has 2 aromatic rings. The normalized spacial score (nSPS) is 18.0. The van der Waals surface area contributed by atoms with E-state index in [1.807, 2.05) is 13.8 Å². The highest BCUT2D eigenvalue weighted by molar-refractivity contribution is 9.10. The molecule has 1 aromatic heterocycles. The van der Waals surface area contributed by atoms with Crippen molar-refractivity contribution in [3.63, 3.8) is 0 Å². The van der Waals surface area contributed by atoms with E-state index in [4.69, 9.17) is 0 Å². The van der Waals surface area contributed by atoms with Crippen LogP contribution in [0.1, 0.15) is 42.1 Å². The van der Waals surface area contributed by atoms with Crippen molar-refractivity contribution in [2.45, 2.75) is 26.2 Å². The van der Waals surface area contributed by atoms with Crippen molar-refractivity contribution in [3.05, 3.63) is 51.9 Å². The molecule has 9 heteroatoms. The molecule has 0 radical (unpaired) electrons. The number of amides is 1. The number of pyridine rings is 1. The van der Waals surface area contributed by atoms with Crippen LogP contribution in [0.15, 0.2) is 34.9 Å². The highest BCUT2D eigenvalue weighted by Crippen LogP contribution is 2.26. The summed E-state index contributed by atoms with van der Waals surface area (Å²) in [5.41, 5.74) is 1.80. The first-order valence-electron chi connectivity index (χ1n) is 9.35. The van der Waals surface area contributed by atoms with Gasteiger partial charge in [0.1, 0.15) is 11.6 Å². The Hall–Kier alpha value is -2.00. The van der Waals surface area contributed by atoms with Crippen LogP contribution in [0.4, 0.5) is 15.9 Å². The van der Waals surface area contributed by atoms with Crippen molar-refractivity contribution in [2.24, 2.45) is 5.92 Å². The smallest absolute Gasteiger partial charge is 0.253 e. The van der Waals surface area contributed by atoms with Crippen molar-refractivity contribution in [1.82, 2.24) is 10.3 Å². The van der Waals surface area contributed by atoms with Gasteiger partial charge in [-0.25, -0.2) is 17.8 Å². The second kappa shape index (κ2) is 8.79. The van der Waals surface area contributed by atoms with E-state index in [0.717, 1.165) is 5.56 Å². The number of carbonyl (C=O) groups is 1. The zero-order chi connectivity index (χ0) is 21.2. The number of aromatic nitrogens is 1. The van der Waals surface area contributed by atoms with E-state index < -0.39 is 9.84 Å². The van der Waals surface area contributed by atoms with E-state index in [-0.39, 0.29) is 35.1 Å². The average Bonchev–Trinajstić information content (AvgIpc) is 3.01. The third kappa shape index (κ3) is 5.54. The van der Waals surface area contributed by atoms with Crippen LogP contribution in [0.2, 0.25) is 0 Å². The molecule has 0 aliphatic carbocycles. The molecule has 2 N–H and O–H groups in total. The summed E-state index contributed by atoms with van der Waals surface area (Å²) in [5.74, 6) is 0.170. The van der Waals surface area contributed by atoms with Gasteiger partial charge in [-0.05, 0) is 64.0 Å². The first kappa shape index (κ1) is 21.7. The van der Waals surface area contributed by atoms with Gasteiger partial charge >= 0.3 is 0 Å². The Morgan fingerprint density at radius 1 is 1.34 bits per heavy atom. The minimum atomic E-state index is -2.97. The molecule has 0 bridgehead atoms. The lowest BCUT2D eigenvalue weighted by Gasteiger charge is -2.16. The molecule has 0 saturated carbocycles. The van der Waals surface area contributed by atoms with Crippen LogP contribution in [-0.4, -0.2) is 37.4 Å². The molecule has 29 heavy (non-hydrogen) atoms. The molecular formula is C20H23BrFN3O3S. The summed E-state index contributed by atoms with van der Waals surface area (Å²) in [5, 5.41) is 5.89. The van der Waals surface area contributed by atoms with Crippen molar-refractivity contribution in [1.29, 1.82) is 0 Å². The lowest BCUT2D eigenvalue weighted by Crippen LogP contribution is -2.30. The van der Waals surface area contributed by atoms with Gasteiger partial charge < -0.3 is 10.6 Å². The molecule has 1 atom stereocenters. The van der Waals surface area contributed by atoms with Gasteiger partial charge in [0.2, 0.25) is 0 Å². The van der Waals surface area contributed by atoms with E-state index in [2.05, 4.69) is 31.5 Å². The standard InChI is InChI=1S/C20H23BrFN3O3S/c1-12(2)15-8-19(25-14-3-4-17(21)18(22)7-14)23-10-16(15)20(26)24-9-13-5-6-29(27,28)11-13/h3-4,7-8,10,12-13H,5-6,9,11H2,1-2H3,(H,23,25)(H,24,26). The Kier molecular flexibility index (Phi) is 6.58. The predicted octanol–water partition coefficient (Wildman–Crippen LogP) is 4.01. The summed E-state index contributed by atoms with van der Waals surface area (Å²) >= 11 is 3.12. The fourth-order valence-corrected chi connectivity index (χ4v) is 5.40. The second-order valence-electron chi connectivity index (χ2n) is 7.54. The van der Waals surface area contributed by atoms with Crippen LogP contribution >= 0.6 is 15.9 Å². The monoisotopic (exact) mass is 483 g/mol. The fourth-order valence-electron chi connectivity index (χ4n) is 3.29. The molecule has 1 unspecified atom stereocenters. The van der Waals surface area contributed by atoms with Crippen molar-refractivity contribution in [2.75, 3.05) is 23.4 Å². The molecule has 0 spiro atoms. The summed E-state index contributed by atoms with van der Waals surface area (Å²) in [6.45, 7) is 4.27. The number of hydrogen-bond acceptors (Lipinski definition) is 5. The first-order valence-corrected chi connectivity index (χ1v) is 12.0. The second-order valence-corrected chi connectivity index (χ2v) is 10.6. The van der Waals surface area contributed by atoms with E-state index >= 15 is 0 Å². The van der Waals surface area contributed by atoms with Crippen LogP contribution in [0.25, 0.3) is 0 Å². The number of carbonyl (C=O) groups excluding carboxylic acids is 1. The lowest BCUT2D eigenvalue weighted by molar-refractivity contribution is 0.0946. The van der Waals surface area contributed by atoms with Crippen LogP contribution in [-0.2, 0) is 9.84 Å². The number of sulfone groups is 1. The quantitative estimate of drug-likeness (QED) is 0.647. The van der Waals surface area contributed by atoms with Crippen molar-refractivity contribution < 1.29 is 17.6 Å². The Morgan fingerprint density at radius 2 is 2.10 bits per heavy atom. The van der Waals surface area contributed by atoms with Gasteiger partial charge in [0, 0.05) is 18.4 Å². The van der Waals surface area contributed by atoms with Gasteiger partial charge in [-0.1, -0.05) is 13.8 Å². The molecular weight excluding hydrogens is 461 g/mol. The number of nitrogens with one attached hydrogen (secondary N) is 2. The van der Waals surface area contributed by atoms with E-state index in [0.29, 0.717) is 34.5 Å². The lowest BCUT2D eigenvalue weighted by atomic mass is 9.98. The van der Waals surface area contributed by atoms with E-state index in [1.165, 1.54) is 12.3 Å². The van der Waals surface area contributed by atoms with Gasteiger partial charge in [0.15, 0.2) is 9.84 Å². The third-order valence-electron chi connectivity index (χ3n) is 4.87. The largest absolute Gasteiger partial charge is 0.352 e. The molecule has 1 aliphatic heterocycles. The minimum Gasteiger partial charge on any atom is -0.352 e. The minimum absolute atomic E-state index is 0.0485. The topological polar surface area (TPSA) is 88.2 Å². The number of benzene rings is 1. The summed E-state index contributed by atoms with van der Waals surface area (Å²) in [7, 11) is -2.97. The Balaban J connectivity index is 1.73. The van der Waals surface area contributed by atoms with Gasteiger partial charge in [-0.2, -0.15) is 0 Å². The van der Waals surface area contributed by atoms with Gasteiger partial charge in [-0.3, -0.25) is 4.79 Å². The van der Waals surface area contributed by atoms with Crippen LogP contribution in [0.3, 0.4) is 0 Å². The van der Waals surface area contributed by atoms with Crippen molar-refractivity contribution in [3.8, 4) is 0 Å². The highest BCUT2D eigenvalue weighted by atomic mass is 79.9. The Morgan fingerprint density at radius 3 is 2.72 bits per heavy atom. The zero-order valence-corrected chi connectivity index (χ0v) is 18.6. The van der Waals surface area contributed by atoms with Gasteiger partial charge in [0.05, 0.1) is 21.5 Å². The van der Waals surface area contributed by atoms with Crippen molar-refractivity contribution >= 4 is 43.2 Å². The molecule has 156 valence electrons. The molecule has 2 heterocycles. The Bertz CT molecular complexity index is 1030. The summed E-state index contributed by atoms with van der Waals surface area (Å²) in [6.07, 6.45) is 2.07. The molecule has 1 saturated heterocycles. The molecule has 1 aromatic carbocycles. The maximum absolute atomic E-state index is 13.7. The van der Waals surface area contributed by atoms with E-state index in [1.54, 1.807) is 18.2 Å². The molecule has 6 nitrogen and oxygen atoms in total. The molecule has 1 aliphatic rings. The van der Waals surface area contributed by atoms with Gasteiger partial charge in [0.25, 0.3) is 5.91 Å². The van der Waals surface area contributed by atoms with E-state index in [9.17, 15) is 17.6 Å². The fraction of sp³-hybridized carbons (Fsp3) is 0.400. The number of halogens is 2. The number of rotatable bonds is 6. The van der Waals surface area contributed by atoms with Crippen LogP contribution in [0.5, 0.6) is 0 Å². The van der Waals surface area contributed by atoms with Crippen LogP contribution in [0, 0.1) is 11.7 Å². The average molecular weight is 484 g/mol. The van der Waals surface area contributed by atoms with Gasteiger partial charge in [-0.15, -0.1) is 0 Å². The zero-order valence-electron chi connectivity index (χ0n) is 16.2. The maximum atomic E-state index is 13.7. The third-order valence-corrected chi connectivity index (χ3v) is 7.35. The molecule has 1 fully saturated rings. The van der Waals surface area contributed by atoms with Crippen LogP contribution < -0.4 is 10.6 Å². The molecule has 3 rings (SSSR count).